The molecule has 0 saturated carbocycles. The Kier molecular flexibility index (Phi) is 5.91. The van der Waals surface area contributed by atoms with Gasteiger partial charge in [0.25, 0.3) is 0 Å². The van der Waals surface area contributed by atoms with Gasteiger partial charge in [-0.05, 0) is 22.2 Å². The van der Waals surface area contributed by atoms with Crippen LogP contribution in [0.3, 0.4) is 0 Å². The van der Waals surface area contributed by atoms with Crippen LogP contribution in [-0.4, -0.2) is 25.7 Å². The van der Waals surface area contributed by atoms with Crippen molar-refractivity contribution in [2.75, 3.05) is 6.61 Å². The zero-order valence-corrected chi connectivity index (χ0v) is 16.8. The number of carbonyl (C=O) groups excluding carboxylic acids is 1. The van der Waals surface area contributed by atoms with Gasteiger partial charge in [-0.15, -0.1) is 0 Å². The van der Waals surface area contributed by atoms with Crippen LogP contribution in [0.25, 0.3) is 0 Å². The number of hydrogen-bond acceptors (Lipinski definition) is 2. The van der Waals surface area contributed by atoms with E-state index in [1.54, 1.807) is 4.90 Å². The van der Waals surface area contributed by atoms with E-state index in [1.165, 1.54) is 0 Å². The molecule has 132 valence electrons. The summed E-state index contributed by atoms with van der Waals surface area (Å²) in [5.74, 6) is 0. The lowest BCUT2D eigenvalue weighted by molar-refractivity contribution is 0.166. The van der Waals surface area contributed by atoms with Crippen LogP contribution in [0.4, 0.5) is 4.79 Å². The topological polar surface area (TPSA) is 29.5 Å². The van der Waals surface area contributed by atoms with Crippen LogP contribution in [0, 0.1) is 0 Å². The third-order valence-electron chi connectivity index (χ3n) is 5.62. The molecule has 1 atom stereocenters. The minimum atomic E-state index is -1.69. The van der Waals surface area contributed by atoms with Crippen LogP contribution in [0.15, 0.2) is 42.2 Å². The van der Waals surface area contributed by atoms with E-state index in [0.717, 1.165) is 5.56 Å². The van der Waals surface area contributed by atoms with Gasteiger partial charge in [0.1, 0.15) is 6.61 Å². The first-order valence-electron chi connectivity index (χ1n) is 9.00. The van der Waals surface area contributed by atoms with Crippen molar-refractivity contribution >= 4 is 14.2 Å². The minimum absolute atomic E-state index is 0.0202. The minimum Gasteiger partial charge on any atom is -0.447 e. The number of carbonyl (C=O) groups is 1. The molecule has 0 bridgehead atoms. The monoisotopic (exact) mass is 345 g/mol. The maximum Gasteiger partial charge on any atom is 0.414 e. The van der Waals surface area contributed by atoms with Gasteiger partial charge >= 0.3 is 6.09 Å². The van der Waals surface area contributed by atoms with Gasteiger partial charge in [-0.2, -0.15) is 0 Å². The average molecular weight is 346 g/mol. The molecule has 1 aromatic carbocycles. The number of nitrogens with zero attached hydrogens (tertiary/aromatic N) is 1. The average Bonchev–Trinajstić information content (AvgIpc) is 2.89. The van der Waals surface area contributed by atoms with Crippen molar-refractivity contribution in [3.05, 3.63) is 47.8 Å². The van der Waals surface area contributed by atoms with Crippen LogP contribution in [-0.2, 0) is 4.74 Å². The fraction of sp³-hybridized carbons (Fsp3) is 0.550. The van der Waals surface area contributed by atoms with E-state index < -0.39 is 8.07 Å². The first kappa shape index (κ1) is 18.8. The molecule has 1 saturated heterocycles. The van der Waals surface area contributed by atoms with E-state index in [4.69, 9.17) is 4.74 Å². The molecule has 0 aliphatic carbocycles. The van der Waals surface area contributed by atoms with E-state index >= 15 is 0 Å². The quantitative estimate of drug-likeness (QED) is 0.600. The van der Waals surface area contributed by atoms with Crippen LogP contribution in [0.2, 0.25) is 16.6 Å². The Morgan fingerprint density at radius 3 is 2.08 bits per heavy atom. The molecule has 1 heterocycles. The third kappa shape index (κ3) is 3.43. The summed E-state index contributed by atoms with van der Waals surface area (Å²) in [5, 5.41) is 0. The lowest BCUT2D eigenvalue weighted by Gasteiger charge is -2.41. The molecular weight excluding hydrogens is 314 g/mol. The molecule has 1 aromatic rings. The summed E-state index contributed by atoms with van der Waals surface area (Å²) >= 11 is 0. The lowest BCUT2D eigenvalue weighted by atomic mass is 10.1. The highest BCUT2D eigenvalue weighted by Gasteiger charge is 2.41. The SMILES string of the molecule is CC(C)[Si](/C=C\N1C(=O)OC[C@H]1c1ccccc1)(C(C)C)C(C)C. The molecule has 2 rings (SSSR count). The fourth-order valence-corrected chi connectivity index (χ4v) is 9.89. The Morgan fingerprint density at radius 1 is 1.04 bits per heavy atom. The molecule has 0 unspecified atom stereocenters. The number of amides is 1. The Morgan fingerprint density at radius 2 is 1.58 bits per heavy atom. The molecule has 0 aromatic heterocycles. The molecule has 0 radical (unpaired) electrons. The molecule has 0 N–H and O–H groups in total. The number of benzene rings is 1. The smallest absolute Gasteiger partial charge is 0.414 e. The Hall–Kier alpha value is -1.55. The summed E-state index contributed by atoms with van der Waals surface area (Å²) in [5.41, 5.74) is 5.39. The van der Waals surface area contributed by atoms with Gasteiger partial charge in [-0.3, -0.25) is 4.90 Å². The number of rotatable bonds is 6. The molecule has 24 heavy (non-hydrogen) atoms. The van der Waals surface area contributed by atoms with E-state index in [0.29, 0.717) is 23.2 Å². The van der Waals surface area contributed by atoms with Crippen LogP contribution >= 0.6 is 0 Å². The summed E-state index contributed by atoms with van der Waals surface area (Å²) in [6, 6.07) is 10.1. The zero-order chi connectivity index (χ0) is 17.9. The predicted octanol–water partition coefficient (Wildman–Crippen LogP) is 5.91. The highest BCUT2D eigenvalue weighted by molar-refractivity contribution is 6.87. The summed E-state index contributed by atoms with van der Waals surface area (Å²) in [7, 11) is -1.69. The van der Waals surface area contributed by atoms with E-state index in [9.17, 15) is 4.79 Å². The van der Waals surface area contributed by atoms with Crippen molar-refractivity contribution < 1.29 is 9.53 Å². The van der Waals surface area contributed by atoms with Crippen LogP contribution in [0.1, 0.15) is 53.1 Å². The highest BCUT2D eigenvalue weighted by Crippen LogP contribution is 2.43. The van der Waals surface area contributed by atoms with Gasteiger partial charge in [-0.25, -0.2) is 4.79 Å². The Bertz CT molecular complexity index is 559. The van der Waals surface area contributed by atoms with Gasteiger partial charge in [-0.1, -0.05) is 77.6 Å². The fourth-order valence-electron chi connectivity index (χ4n) is 4.32. The largest absolute Gasteiger partial charge is 0.447 e. The summed E-state index contributed by atoms with van der Waals surface area (Å²) in [4.78, 5) is 14.0. The molecule has 1 aliphatic heterocycles. The van der Waals surface area contributed by atoms with Crippen LogP contribution < -0.4 is 0 Å². The molecule has 3 nitrogen and oxygen atoms in total. The second-order valence-electron chi connectivity index (χ2n) is 7.69. The molecule has 0 spiro atoms. The van der Waals surface area contributed by atoms with Crippen LogP contribution in [0.5, 0.6) is 0 Å². The normalized spacial score (nSPS) is 19.1. The summed E-state index contributed by atoms with van der Waals surface area (Å²) < 4.78 is 5.33. The molecular formula is C20H31NO2Si. The third-order valence-corrected chi connectivity index (χ3v) is 12.3. The standard InChI is InChI=1S/C20H31NO2Si/c1-15(2)24(16(3)4,17(5)6)13-12-21-19(14-23-20(21)22)18-10-8-7-9-11-18/h7-13,15-17,19H,14H2,1-6H3/b13-12-/t19-/m0/s1. The number of cyclic esters (lactones) is 1. The summed E-state index contributed by atoms with van der Waals surface area (Å²) in [6.45, 7) is 14.4. The molecule has 1 amide bonds. The van der Waals surface area contributed by atoms with E-state index in [1.807, 2.05) is 24.4 Å². The maximum absolute atomic E-state index is 12.3. The van der Waals surface area contributed by atoms with Crippen molar-refractivity contribution in [3.63, 3.8) is 0 Å². The second-order valence-corrected chi connectivity index (χ2v) is 13.5. The van der Waals surface area contributed by atoms with Gasteiger partial charge in [0.2, 0.25) is 0 Å². The first-order chi connectivity index (χ1) is 11.3. The van der Waals surface area contributed by atoms with E-state index in [2.05, 4.69) is 59.4 Å². The number of ether oxygens (including phenoxy) is 1. The van der Waals surface area contributed by atoms with Crippen molar-refractivity contribution in [1.82, 2.24) is 4.90 Å². The Labute approximate surface area is 147 Å². The molecule has 1 aliphatic rings. The van der Waals surface area contributed by atoms with Crippen molar-refractivity contribution in [2.24, 2.45) is 0 Å². The maximum atomic E-state index is 12.3. The molecule has 4 heteroatoms. The van der Waals surface area contributed by atoms with Gasteiger partial charge in [0.15, 0.2) is 0 Å². The van der Waals surface area contributed by atoms with Crippen molar-refractivity contribution in [3.8, 4) is 0 Å². The lowest BCUT2D eigenvalue weighted by Crippen LogP contribution is -2.43. The Balaban J connectivity index is 2.34. The van der Waals surface area contributed by atoms with Gasteiger partial charge in [0.05, 0.1) is 14.1 Å². The van der Waals surface area contributed by atoms with Crippen molar-refractivity contribution in [2.45, 2.75) is 64.2 Å². The zero-order valence-electron chi connectivity index (χ0n) is 15.8. The first-order valence-corrected chi connectivity index (χ1v) is 11.3. The van der Waals surface area contributed by atoms with Gasteiger partial charge in [0, 0.05) is 6.20 Å². The van der Waals surface area contributed by atoms with Gasteiger partial charge < -0.3 is 4.74 Å². The van der Waals surface area contributed by atoms with Crippen molar-refractivity contribution in [1.29, 1.82) is 0 Å². The second kappa shape index (κ2) is 7.56. The summed E-state index contributed by atoms with van der Waals surface area (Å²) in [6.07, 6.45) is 1.79. The molecule has 1 fully saturated rings. The predicted molar refractivity (Wildman–Crippen MR) is 103 cm³/mol. The highest BCUT2D eigenvalue weighted by atomic mass is 28.3. The number of hydrogen-bond donors (Lipinski definition) is 0. The van der Waals surface area contributed by atoms with E-state index in [-0.39, 0.29) is 12.1 Å².